The number of hydrogen-bond donors (Lipinski definition) is 5. The molecule has 1 aliphatic rings. The van der Waals surface area contributed by atoms with Crippen molar-refractivity contribution in [3.63, 3.8) is 0 Å². The molecule has 1 heterocycles. The third kappa shape index (κ3) is 8.48. The Morgan fingerprint density at radius 3 is 2.26 bits per heavy atom. The fraction of sp³-hybridized carbons (Fsp3) is 0.538. The third-order valence-corrected chi connectivity index (χ3v) is 9.76. The Morgan fingerprint density at radius 2 is 1.66 bits per heavy atom. The van der Waals surface area contributed by atoms with E-state index in [1.54, 1.807) is 32.0 Å². The van der Waals surface area contributed by atoms with Crippen LogP contribution in [0.15, 0.2) is 42.5 Å². The summed E-state index contributed by atoms with van der Waals surface area (Å²) in [6.45, 7) is 6.96. The Balaban J connectivity index is 1.49. The zero-order valence-corrected chi connectivity index (χ0v) is 23.9. The molecule has 0 spiro atoms. The summed E-state index contributed by atoms with van der Waals surface area (Å²) < 4.78 is 53.6. The van der Waals surface area contributed by atoms with Crippen LogP contribution in [-0.4, -0.2) is 63.7 Å². The van der Waals surface area contributed by atoms with Crippen molar-refractivity contribution in [3.05, 3.63) is 48.0 Å². The number of unbranched alkanes of at least 4 members (excludes halogenated alkanes) is 1. The number of aliphatic hydroxyl groups is 1. The lowest BCUT2D eigenvalue weighted by atomic mass is 10.0. The first-order valence-electron chi connectivity index (χ1n) is 13.0. The van der Waals surface area contributed by atoms with E-state index in [2.05, 4.69) is 19.7 Å². The molecule has 0 amide bonds. The van der Waals surface area contributed by atoms with Gasteiger partial charge in [-0.05, 0) is 75.1 Å². The van der Waals surface area contributed by atoms with Crippen molar-refractivity contribution in [3.8, 4) is 5.75 Å². The number of nitrogens with one attached hydrogen (secondary N) is 3. The summed E-state index contributed by atoms with van der Waals surface area (Å²) in [6.07, 6.45) is 2.32. The van der Waals surface area contributed by atoms with E-state index in [0.717, 1.165) is 38.0 Å². The van der Waals surface area contributed by atoms with Crippen LogP contribution >= 0.6 is 0 Å². The normalized spacial score (nSPS) is 16.0. The Morgan fingerprint density at radius 1 is 1.00 bits per heavy atom. The molecular weight excluding hydrogens is 528 g/mol. The first-order chi connectivity index (χ1) is 17.9. The minimum atomic E-state index is -3.63. The molecule has 0 aliphatic carbocycles. The number of benzene rings is 2. The number of sulfonamides is 2. The van der Waals surface area contributed by atoms with Crippen LogP contribution in [0.1, 0.15) is 58.1 Å². The molecule has 0 aromatic heterocycles. The Hall–Kier alpha value is -2.54. The maximum absolute atomic E-state index is 12.2. The highest BCUT2D eigenvalue weighted by atomic mass is 32.2. The minimum Gasteiger partial charge on any atom is -0.506 e. The molecule has 1 fully saturated rings. The summed E-state index contributed by atoms with van der Waals surface area (Å²) in [5.41, 5.74) is 2.13. The summed E-state index contributed by atoms with van der Waals surface area (Å²) >= 11 is 0. The Labute approximate surface area is 226 Å². The number of phenols is 1. The standard InChI is InChI=1S/C26H40N4O6S2/c1-4-5-16-37(33,34)28-22-7-9-23(10-8-22)30-14-12-21(13-15-30)27-18-26(32)20-6-11-25(31)24(17-20)29-38(35,36)19(2)3/h6-11,17,19,21,26-29,31-32H,4-5,12-16,18H2,1-3H3/t26-/m0/s1. The molecule has 2 aromatic rings. The molecule has 2 aromatic carbocycles. The highest BCUT2D eigenvalue weighted by Crippen LogP contribution is 2.29. The zero-order valence-electron chi connectivity index (χ0n) is 22.2. The maximum Gasteiger partial charge on any atom is 0.235 e. The SMILES string of the molecule is CCCCS(=O)(=O)Nc1ccc(N2CCC(NC[C@H](O)c3ccc(O)c(NS(=O)(=O)C(C)C)c3)CC2)cc1. The van der Waals surface area contributed by atoms with Crippen LogP contribution in [0.4, 0.5) is 17.1 Å². The summed E-state index contributed by atoms with van der Waals surface area (Å²) in [7, 11) is -6.96. The first kappa shape index (κ1) is 30.0. The van der Waals surface area contributed by atoms with Crippen molar-refractivity contribution in [2.24, 2.45) is 0 Å². The summed E-state index contributed by atoms with van der Waals surface area (Å²) in [4.78, 5) is 2.25. The average Bonchev–Trinajstić information content (AvgIpc) is 2.88. The average molecular weight is 569 g/mol. The van der Waals surface area contributed by atoms with Gasteiger partial charge in [-0.1, -0.05) is 19.4 Å². The predicted octanol–water partition coefficient (Wildman–Crippen LogP) is 3.38. The third-order valence-electron chi connectivity index (χ3n) is 6.65. The molecule has 212 valence electrons. The number of aliphatic hydroxyl groups excluding tert-OH is 1. The quantitative estimate of drug-likeness (QED) is 0.231. The molecular formula is C26H40N4O6S2. The zero-order chi connectivity index (χ0) is 27.9. The molecule has 5 N–H and O–H groups in total. The number of piperidine rings is 1. The van der Waals surface area contributed by atoms with Gasteiger partial charge in [0, 0.05) is 37.1 Å². The summed E-state index contributed by atoms with van der Waals surface area (Å²) in [6, 6.07) is 12.0. The summed E-state index contributed by atoms with van der Waals surface area (Å²) in [5, 5.41) is 23.5. The fourth-order valence-electron chi connectivity index (χ4n) is 4.16. The number of aromatic hydroxyl groups is 1. The van der Waals surface area contributed by atoms with E-state index in [-0.39, 0.29) is 23.2 Å². The second kappa shape index (κ2) is 13.0. The van der Waals surface area contributed by atoms with Gasteiger partial charge in [0.25, 0.3) is 0 Å². The van der Waals surface area contributed by atoms with Crippen LogP contribution in [0.3, 0.4) is 0 Å². The van der Waals surface area contributed by atoms with E-state index in [1.165, 1.54) is 12.1 Å². The first-order valence-corrected chi connectivity index (χ1v) is 16.2. The van der Waals surface area contributed by atoms with Crippen LogP contribution in [0, 0.1) is 0 Å². The van der Waals surface area contributed by atoms with E-state index in [4.69, 9.17) is 0 Å². The lowest BCUT2D eigenvalue weighted by molar-refractivity contribution is 0.167. The van der Waals surface area contributed by atoms with Crippen molar-refractivity contribution < 1.29 is 27.0 Å². The smallest absolute Gasteiger partial charge is 0.235 e. The molecule has 1 aliphatic heterocycles. The molecule has 3 rings (SSSR count). The largest absolute Gasteiger partial charge is 0.506 e. The molecule has 38 heavy (non-hydrogen) atoms. The van der Waals surface area contributed by atoms with Gasteiger partial charge < -0.3 is 20.4 Å². The van der Waals surface area contributed by atoms with Gasteiger partial charge >= 0.3 is 0 Å². The van der Waals surface area contributed by atoms with Crippen LogP contribution in [0.5, 0.6) is 5.75 Å². The van der Waals surface area contributed by atoms with Crippen LogP contribution in [0.25, 0.3) is 0 Å². The van der Waals surface area contributed by atoms with Gasteiger partial charge in [-0.15, -0.1) is 0 Å². The van der Waals surface area contributed by atoms with Gasteiger partial charge in [0.05, 0.1) is 22.8 Å². The number of anilines is 3. The van der Waals surface area contributed by atoms with Gasteiger partial charge in [-0.2, -0.15) is 0 Å². The molecule has 10 nitrogen and oxygen atoms in total. The second-order valence-electron chi connectivity index (χ2n) is 9.98. The van der Waals surface area contributed by atoms with Crippen LogP contribution in [-0.2, 0) is 20.0 Å². The van der Waals surface area contributed by atoms with Gasteiger partial charge in [-0.25, -0.2) is 16.8 Å². The molecule has 0 saturated carbocycles. The van der Waals surface area contributed by atoms with E-state index < -0.39 is 31.4 Å². The maximum atomic E-state index is 12.2. The molecule has 0 bridgehead atoms. The van der Waals surface area contributed by atoms with Crippen molar-refractivity contribution >= 4 is 37.1 Å². The monoisotopic (exact) mass is 568 g/mol. The fourth-order valence-corrected chi connectivity index (χ4v) is 6.13. The van der Waals surface area contributed by atoms with Gasteiger partial charge in [0.15, 0.2) is 0 Å². The van der Waals surface area contributed by atoms with Crippen molar-refractivity contribution in [2.75, 3.05) is 39.7 Å². The minimum absolute atomic E-state index is 0.0448. The Bertz CT molecular complexity index is 1260. The molecule has 12 heteroatoms. The Kier molecular flexibility index (Phi) is 10.3. The van der Waals surface area contributed by atoms with Gasteiger partial charge in [-0.3, -0.25) is 9.44 Å². The second-order valence-corrected chi connectivity index (χ2v) is 14.1. The van der Waals surface area contributed by atoms with Crippen molar-refractivity contribution in [2.45, 2.75) is 63.9 Å². The number of hydrogen-bond acceptors (Lipinski definition) is 8. The molecule has 0 radical (unpaired) electrons. The number of nitrogens with zero attached hydrogens (tertiary/aromatic N) is 1. The van der Waals surface area contributed by atoms with E-state index in [1.807, 2.05) is 19.1 Å². The van der Waals surface area contributed by atoms with E-state index >= 15 is 0 Å². The van der Waals surface area contributed by atoms with Gasteiger partial charge in [0.2, 0.25) is 20.0 Å². The highest BCUT2D eigenvalue weighted by molar-refractivity contribution is 7.93. The van der Waals surface area contributed by atoms with E-state index in [9.17, 15) is 27.0 Å². The highest BCUT2D eigenvalue weighted by Gasteiger charge is 2.22. The topological polar surface area (TPSA) is 148 Å². The summed E-state index contributed by atoms with van der Waals surface area (Å²) in [5.74, 6) is -0.0851. The molecule has 1 saturated heterocycles. The number of phenolic OH excluding ortho intramolecular Hbond substituents is 1. The van der Waals surface area contributed by atoms with Crippen molar-refractivity contribution in [1.82, 2.24) is 5.32 Å². The van der Waals surface area contributed by atoms with Gasteiger partial charge in [0.1, 0.15) is 5.75 Å². The molecule has 0 unspecified atom stereocenters. The lowest BCUT2D eigenvalue weighted by Crippen LogP contribution is -2.43. The predicted molar refractivity (Wildman–Crippen MR) is 153 cm³/mol. The van der Waals surface area contributed by atoms with E-state index in [0.29, 0.717) is 24.2 Å². The molecule has 1 atom stereocenters. The van der Waals surface area contributed by atoms with Crippen molar-refractivity contribution in [1.29, 1.82) is 0 Å². The van der Waals surface area contributed by atoms with Crippen LogP contribution in [0.2, 0.25) is 0 Å². The lowest BCUT2D eigenvalue weighted by Gasteiger charge is -2.34. The number of rotatable bonds is 13. The van der Waals surface area contributed by atoms with Crippen LogP contribution < -0.4 is 19.7 Å².